The Morgan fingerprint density at radius 2 is 1.82 bits per heavy atom. The van der Waals surface area contributed by atoms with E-state index in [1.165, 1.54) is 6.42 Å². The number of nitrogens with two attached hydrogens (primary N) is 1. The summed E-state index contributed by atoms with van der Waals surface area (Å²) >= 11 is 0. The van der Waals surface area contributed by atoms with E-state index in [0.29, 0.717) is 12.2 Å². The van der Waals surface area contributed by atoms with E-state index in [-0.39, 0.29) is 5.54 Å². The zero-order valence-electron chi connectivity index (χ0n) is 12.2. The predicted molar refractivity (Wildman–Crippen MR) is 73.1 cm³/mol. The third kappa shape index (κ3) is 3.94. The van der Waals surface area contributed by atoms with Gasteiger partial charge in [0.2, 0.25) is 0 Å². The molecule has 0 saturated carbocycles. The van der Waals surface area contributed by atoms with E-state index in [9.17, 15) is 0 Å². The quantitative estimate of drug-likeness (QED) is 0.803. The maximum atomic E-state index is 6.07. The molecule has 3 heteroatoms. The molecule has 1 aliphatic heterocycles. The Hall–Kier alpha value is -0.120. The minimum Gasteiger partial charge on any atom is -0.375 e. The van der Waals surface area contributed by atoms with Crippen molar-refractivity contribution in [2.45, 2.75) is 64.7 Å². The summed E-state index contributed by atoms with van der Waals surface area (Å²) in [5.74, 6) is 0.752. The van der Waals surface area contributed by atoms with Gasteiger partial charge < -0.3 is 10.5 Å². The van der Waals surface area contributed by atoms with Gasteiger partial charge in [-0.1, -0.05) is 13.8 Å². The molecule has 102 valence electrons. The molecule has 0 aliphatic carbocycles. The third-order valence-electron chi connectivity index (χ3n) is 4.03. The highest BCUT2D eigenvalue weighted by molar-refractivity contribution is 4.96. The molecule has 0 bridgehead atoms. The summed E-state index contributed by atoms with van der Waals surface area (Å²) in [5, 5.41) is 0. The highest BCUT2D eigenvalue weighted by Crippen LogP contribution is 2.32. The molecule has 0 aromatic rings. The van der Waals surface area contributed by atoms with Crippen LogP contribution in [0.2, 0.25) is 0 Å². The SMILES string of the molecule is CC(C)CCN(C)C1(CN)CC(C)OC(C)C1. The fourth-order valence-corrected chi connectivity index (χ4v) is 2.97. The molecule has 0 aromatic heterocycles. The molecule has 3 nitrogen and oxygen atoms in total. The van der Waals surface area contributed by atoms with Crippen molar-refractivity contribution in [1.82, 2.24) is 4.90 Å². The second-order valence-corrected chi connectivity index (χ2v) is 6.20. The minimum absolute atomic E-state index is 0.145. The number of hydrogen-bond donors (Lipinski definition) is 1. The molecule has 0 radical (unpaired) electrons. The van der Waals surface area contributed by atoms with Crippen molar-refractivity contribution in [3.63, 3.8) is 0 Å². The van der Waals surface area contributed by atoms with Crippen LogP contribution in [0.25, 0.3) is 0 Å². The van der Waals surface area contributed by atoms with Crippen LogP contribution in [0.1, 0.15) is 47.0 Å². The van der Waals surface area contributed by atoms with Gasteiger partial charge in [-0.15, -0.1) is 0 Å². The first-order valence-electron chi connectivity index (χ1n) is 6.96. The van der Waals surface area contributed by atoms with E-state index in [2.05, 4.69) is 39.6 Å². The number of nitrogens with zero attached hydrogens (tertiary/aromatic N) is 1. The topological polar surface area (TPSA) is 38.5 Å². The number of ether oxygens (including phenoxy) is 1. The molecule has 1 rings (SSSR count). The van der Waals surface area contributed by atoms with Crippen molar-refractivity contribution in [1.29, 1.82) is 0 Å². The Balaban J connectivity index is 2.65. The normalized spacial score (nSPS) is 34.6. The lowest BCUT2D eigenvalue weighted by atomic mass is 9.82. The zero-order valence-corrected chi connectivity index (χ0v) is 12.2. The van der Waals surface area contributed by atoms with Gasteiger partial charge in [0.15, 0.2) is 0 Å². The lowest BCUT2D eigenvalue weighted by Crippen LogP contribution is -2.58. The Morgan fingerprint density at radius 1 is 1.29 bits per heavy atom. The van der Waals surface area contributed by atoms with Crippen LogP contribution in [-0.4, -0.2) is 42.8 Å². The van der Waals surface area contributed by atoms with Gasteiger partial charge in [-0.25, -0.2) is 0 Å². The van der Waals surface area contributed by atoms with Gasteiger partial charge in [0, 0.05) is 12.1 Å². The number of rotatable bonds is 5. The van der Waals surface area contributed by atoms with E-state index in [0.717, 1.165) is 31.8 Å². The molecule has 0 aromatic carbocycles. The van der Waals surface area contributed by atoms with E-state index in [4.69, 9.17) is 10.5 Å². The molecule has 2 atom stereocenters. The van der Waals surface area contributed by atoms with Crippen LogP contribution in [0.15, 0.2) is 0 Å². The van der Waals surface area contributed by atoms with Gasteiger partial charge in [0.1, 0.15) is 0 Å². The summed E-state index contributed by atoms with van der Waals surface area (Å²) < 4.78 is 5.84. The third-order valence-corrected chi connectivity index (χ3v) is 4.03. The molecule has 1 aliphatic rings. The van der Waals surface area contributed by atoms with Gasteiger partial charge in [0.05, 0.1) is 12.2 Å². The molecular weight excluding hydrogens is 212 g/mol. The second-order valence-electron chi connectivity index (χ2n) is 6.20. The van der Waals surface area contributed by atoms with Crippen LogP contribution in [0.5, 0.6) is 0 Å². The number of hydrogen-bond acceptors (Lipinski definition) is 3. The maximum Gasteiger partial charge on any atom is 0.0568 e. The van der Waals surface area contributed by atoms with Crippen LogP contribution in [0, 0.1) is 5.92 Å². The van der Waals surface area contributed by atoms with Crippen molar-refractivity contribution in [2.24, 2.45) is 11.7 Å². The lowest BCUT2D eigenvalue weighted by Gasteiger charge is -2.48. The molecule has 2 N–H and O–H groups in total. The fraction of sp³-hybridized carbons (Fsp3) is 1.00. The van der Waals surface area contributed by atoms with Crippen LogP contribution in [0.3, 0.4) is 0 Å². The van der Waals surface area contributed by atoms with Gasteiger partial charge >= 0.3 is 0 Å². The minimum atomic E-state index is 0.145. The first-order chi connectivity index (χ1) is 7.89. The molecule has 0 amide bonds. The van der Waals surface area contributed by atoms with Crippen molar-refractivity contribution in [2.75, 3.05) is 20.1 Å². The molecule has 1 heterocycles. The highest BCUT2D eigenvalue weighted by atomic mass is 16.5. The van der Waals surface area contributed by atoms with Crippen molar-refractivity contribution in [3.05, 3.63) is 0 Å². The smallest absolute Gasteiger partial charge is 0.0568 e. The summed E-state index contributed by atoms with van der Waals surface area (Å²) in [5.41, 5.74) is 6.22. The Kier molecular flexibility index (Phi) is 5.42. The van der Waals surface area contributed by atoms with E-state index in [1.807, 2.05) is 0 Å². The van der Waals surface area contributed by atoms with Gasteiger partial charge in [-0.05, 0) is 52.6 Å². The second kappa shape index (κ2) is 6.17. The maximum absolute atomic E-state index is 6.07. The summed E-state index contributed by atoms with van der Waals surface area (Å²) in [6, 6.07) is 0. The average Bonchev–Trinajstić information content (AvgIpc) is 2.24. The largest absolute Gasteiger partial charge is 0.375 e. The molecule has 1 saturated heterocycles. The standard InChI is InChI=1S/C14H30N2O/c1-11(2)6-7-16(5)14(10-15)8-12(3)17-13(4)9-14/h11-13H,6-10,15H2,1-5H3. The van der Waals surface area contributed by atoms with Crippen LogP contribution < -0.4 is 5.73 Å². The summed E-state index contributed by atoms with van der Waals surface area (Å²) in [7, 11) is 2.22. The molecular formula is C14H30N2O. The van der Waals surface area contributed by atoms with Crippen LogP contribution >= 0.6 is 0 Å². The van der Waals surface area contributed by atoms with Crippen molar-refractivity contribution in [3.8, 4) is 0 Å². The molecule has 1 fully saturated rings. The van der Waals surface area contributed by atoms with Gasteiger partial charge in [-0.2, -0.15) is 0 Å². The van der Waals surface area contributed by atoms with E-state index < -0.39 is 0 Å². The number of likely N-dealkylation sites (N-methyl/N-ethyl adjacent to an activating group) is 1. The fourth-order valence-electron chi connectivity index (χ4n) is 2.97. The summed E-state index contributed by atoms with van der Waals surface area (Å²) in [6.07, 6.45) is 4.00. The van der Waals surface area contributed by atoms with Gasteiger partial charge in [0.25, 0.3) is 0 Å². The summed E-state index contributed by atoms with van der Waals surface area (Å²) in [4.78, 5) is 2.47. The zero-order chi connectivity index (χ0) is 13.1. The van der Waals surface area contributed by atoms with E-state index in [1.54, 1.807) is 0 Å². The highest BCUT2D eigenvalue weighted by Gasteiger charge is 2.40. The monoisotopic (exact) mass is 242 g/mol. The predicted octanol–water partition coefficient (Wildman–Crippen LogP) is 2.25. The van der Waals surface area contributed by atoms with Gasteiger partial charge in [-0.3, -0.25) is 4.90 Å². The van der Waals surface area contributed by atoms with E-state index >= 15 is 0 Å². The lowest BCUT2D eigenvalue weighted by molar-refractivity contribution is -0.0979. The molecule has 17 heavy (non-hydrogen) atoms. The first kappa shape index (κ1) is 14.9. The Morgan fingerprint density at radius 3 is 2.24 bits per heavy atom. The van der Waals surface area contributed by atoms with Crippen molar-refractivity contribution >= 4 is 0 Å². The Bertz CT molecular complexity index is 220. The van der Waals surface area contributed by atoms with Crippen LogP contribution in [0.4, 0.5) is 0 Å². The molecule has 2 unspecified atom stereocenters. The summed E-state index contributed by atoms with van der Waals surface area (Å²) in [6.45, 7) is 10.7. The van der Waals surface area contributed by atoms with Crippen molar-refractivity contribution < 1.29 is 4.74 Å². The average molecular weight is 242 g/mol. The van der Waals surface area contributed by atoms with Crippen LogP contribution in [-0.2, 0) is 4.74 Å². The first-order valence-corrected chi connectivity index (χ1v) is 6.96. The molecule has 0 spiro atoms. The Labute approximate surface area is 107 Å².